The summed E-state index contributed by atoms with van der Waals surface area (Å²) < 4.78 is 5.57. The van der Waals surface area contributed by atoms with Crippen molar-refractivity contribution in [1.82, 2.24) is 9.88 Å². The van der Waals surface area contributed by atoms with E-state index in [9.17, 15) is 5.11 Å². The molecule has 2 heterocycles. The van der Waals surface area contributed by atoms with Crippen LogP contribution >= 0.6 is 11.6 Å². The van der Waals surface area contributed by atoms with Gasteiger partial charge in [0.05, 0.1) is 12.7 Å². The van der Waals surface area contributed by atoms with E-state index in [0.29, 0.717) is 13.0 Å². The van der Waals surface area contributed by atoms with E-state index in [4.69, 9.17) is 16.3 Å². The zero-order valence-corrected chi connectivity index (χ0v) is 20.1. The van der Waals surface area contributed by atoms with E-state index < -0.39 is 11.0 Å². The summed E-state index contributed by atoms with van der Waals surface area (Å²) >= 11 is 6.36. The first kappa shape index (κ1) is 21.7. The van der Waals surface area contributed by atoms with E-state index in [2.05, 4.69) is 46.3 Å². The Kier molecular flexibility index (Phi) is 5.21. The first-order valence-corrected chi connectivity index (χ1v) is 12.3. The molecule has 2 aliphatic rings. The summed E-state index contributed by atoms with van der Waals surface area (Å²) in [5.74, 6) is 0.829. The Labute approximate surface area is 205 Å². The van der Waals surface area contributed by atoms with Gasteiger partial charge in [-0.3, -0.25) is 4.90 Å². The van der Waals surface area contributed by atoms with Crippen LogP contribution in [0.25, 0.3) is 10.9 Å². The number of hydrogen-bond donors (Lipinski definition) is 2. The molecule has 1 aliphatic heterocycles. The number of methoxy groups -OCH3 is 1. The fraction of sp³-hybridized carbons (Fsp3) is 0.310. The number of hydrogen-bond acceptors (Lipinski definition) is 3. The number of aromatic nitrogens is 1. The summed E-state index contributed by atoms with van der Waals surface area (Å²) in [7, 11) is 1.70. The molecule has 4 nitrogen and oxygen atoms in total. The Hall–Kier alpha value is -2.79. The molecular formula is C29H29ClN2O2. The maximum absolute atomic E-state index is 12.6. The van der Waals surface area contributed by atoms with Crippen LogP contribution in [-0.2, 0) is 24.8 Å². The summed E-state index contributed by atoms with van der Waals surface area (Å²) in [5.41, 5.74) is 4.59. The van der Waals surface area contributed by atoms with Gasteiger partial charge in [0.25, 0.3) is 0 Å². The van der Waals surface area contributed by atoms with E-state index in [-0.39, 0.29) is 0 Å². The molecule has 0 radical (unpaired) electrons. The Morgan fingerprint density at radius 1 is 1.03 bits per heavy atom. The Balaban J connectivity index is 1.46. The molecule has 1 aliphatic carbocycles. The van der Waals surface area contributed by atoms with Crippen molar-refractivity contribution in [2.45, 2.75) is 36.8 Å². The molecule has 1 fully saturated rings. The van der Waals surface area contributed by atoms with E-state index in [1.807, 2.05) is 36.4 Å². The maximum atomic E-state index is 12.6. The zero-order chi connectivity index (χ0) is 23.3. The predicted molar refractivity (Wildman–Crippen MR) is 137 cm³/mol. The lowest BCUT2D eigenvalue weighted by atomic mass is 9.56. The largest absolute Gasteiger partial charge is 0.497 e. The van der Waals surface area contributed by atoms with Gasteiger partial charge in [-0.1, -0.05) is 54.1 Å². The summed E-state index contributed by atoms with van der Waals surface area (Å²) in [4.78, 5) is 6.06. The fourth-order valence-corrected chi connectivity index (χ4v) is 6.47. The quantitative estimate of drug-likeness (QED) is 0.412. The van der Waals surface area contributed by atoms with E-state index >= 15 is 0 Å². The number of β-amino-alcohol motifs (C(OH)–C–C–N with tert-alkyl or cyclic N) is 1. The first-order chi connectivity index (χ1) is 16.5. The molecule has 5 heteroatoms. The monoisotopic (exact) mass is 472 g/mol. The highest BCUT2D eigenvalue weighted by atomic mass is 35.5. The molecule has 0 saturated carbocycles. The molecular weight excluding hydrogens is 444 g/mol. The number of likely N-dealkylation sites (tertiary alicyclic amines) is 1. The Morgan fingerprint density at radius 2 is 1.88 bits per heavy atom. The topological polar surface area (TPSA) is 48.5 Å². The van der Waals surface area contributed by atoms with Crippen molar-refractivity contribution in [2.24, 2.45) is 0 Å². The van der Waals surface area contributed by atoms with Crippen molar-refractivity contribution >= 4 is 22.5 Å². The van der Waals surface area contributed by atoms with Gasteiger partial charge in [-0.15, -0.1) is 0 Å². The second-order valence-electron chi connectivity index (χ2n) is 9.92. The third kappa shape index (κ3) is 3.44. The molecule has 174 valence electrons. The Bertz CT molecular complexity index is 1350. The third-order valence-electron chi connectivity index (χ3n) is 8.01. The van der Waals surface area contributed by atoms with Gasteiger partial charge in [-0.05, 0) is 60.0 Å². The van der Waals surface area contributed by atoms with Crippen molar-refractivity contribution in [1.29, 1.82) is 0 Å². The predicted octanol–water partition coefficient (Wildman–Crippen LogP) is 5.50. The minimum atomic E-state index is -0.920. The van der Waals surface area contributed by atoms with Crippen LogP contribution < -0.4 is 4.74 Å². The number of nitrogens with zero attached hydrogens (tertiary/aromatic N) is 1. The van der Waals surface area contributed by atoms with Gasteiger partial charge in [-0.2, -0.15) is 0 Å². The third-order valence-corrected chi connectivity index (χ3v) is 8.24. The highest BCUT2D eigenvalue weighted by Gasteiger charge is 2.57. The molecule has 1 aromatic heterocycles. The molecule has 0 amide bonds. The lowest BCUT2D eigenvalue weighted by Gasteiger charge is -2.56. The molecule has 6 rings (SSSR count). The smallest absolute Gasteiger partial charge is 0.119 e. The number of aromatic amines is 1. The van der Waals surface area contributed by atoms with Crippen molar-refractivity contribution in [2.75, 3.05) is 20.2 Å². The van der Waals surface area contributed by atoms with Crippen LogP contribution in [0.15, 0.2) is 72.8 Å². The van der Waals surface area contributed by atoms with E-state index in [1.54, 1.807) is 7.11 Å². The average Bonchev–Trinajstić information content (AvgIpc) is 3.18. The standard InChI is InChI=1S/C29H29ClN2O2/c1-34-23-9-5-8-21(14-23)28-12-13-32(18-20-6-3-2-4-7-20)19-29(28,33)16-25-24-15-22(30)10-11-26(24)31-27(25)17-28/h2-11,14-15,31,33H,12-13,16-19H2,1H3/t28-,29-/m0/s1. The number of rotatable bonds is 4. The van der Waals surface area contributed by atoms with Gasteiger partial charge in [0.15, 0.2) is 0 Å². The average molecular weight is 473 g/mol. The summed E-state index contributed by atoms with van der Waals surface area (Å²) in [6.07, 6.45) is 2.22. The highest BCUT2D eigenvalue weighted by molar-refractivity contribution is 6.31. The molecule has 4 aromatic rings. The summed E-state index contributed by atoms with van der Waals surface area (Å²) in [6, 6.07) is 24.8. The van der Waals surface area contributed by atoms with Gasteiger partial charge >= 0.3 is 0 Å². The highest BCUT2D eigenvalue weighted by Crippen LogP contribution is 2.52. The lowest BCUT2D eigenvalue weighted by molar-refractivity contribution is -0.105. The SMILES string of the molecule is COc1cccc([C@@]23CCN(Cc4ccccc4)C[C@@]2(O)Cc2c([nH]c4ccc(Cl)cc24)C3)c1. The fourth-order valence-electron chi connectivity index (χ4n) is 6.30. The van der Waals surface area contributed by atoms with Crippen LogP contribution in [0, 0.1) is 0 Å². The second kappa shape index (κ2) is 8.16. The number of piperidine rings is 1. The van der Waals surface area contributed by atoms with Crippen molar-refractivity contribution in [3.8, 4) is 5.75 Å². The van der Waals surface area contributed by atoms with Crippen molar-refractivity contribution in [3.63, 3.8) is 0 Å². The van der Waals surface area contributed by atoms with Gasteiger partial charge in [0.1, 0.15) is 5.75 Å². The number of benzene rings is 3. The van der Waals surface area contributed by atoms with Crippen LogP contribution in [0.1, 0.15) is 28.8 Å². The molecule has 2 N–H and O–H groups in total. The number of aliphatic hydroxyl groups is 1. The van der Waals surface area contributed by atoms with E-state index in [1.165, 1.54) is 16.8 Å². The number of fused-ring (bicyclic) bond motifs is 4. The normalized spacial score (nSPS) is 24.6. The lowest BCUT2D eigenvalue weighted by Crippen LogP contribution is -2.66. The van der Waals surface area contributed by atoms with Crippen LogP contribution in [0.4, 0.5) is 0 Å². The van der Waals surface area contributed by atoms with Crippen LogP contribution in [0.5, 0.6) is 5.75 Å². The zero-order valence-electron chi connectivity index (χ0n) is 19.4. The van der Waals surface area contributed by atoms with Gasteiger partial charge in [0.2, 0.25) is 0 Å². The number of nitrogens with one attached hydrogen (secondary N) is 1. The summed E-state index contributed by atoms with van der Waals surface area (Å²) in [6.45, 7) is 2.38. The van der Waals surface area contributed by atoms with Gasteiger partial charge < -0.3 is 14.8 Å². The minimum Gasteiger partial charge on any atom is -0.497 e. The van der Waals surface area contributed by atoms with Crippen molar-refractivity contribution < 1.29 is 9.84 Å². The minimum absolute atomic E-state index is 0.396. The molecule has 0 spiro atoms. The molecule has 34 heavy (non-hydrogen) atoms. The number of halogens is 1. The molecule has 3 aromatic carbocycles. The van der Waals surface area contributed by atoms with Gasteiger partial charge in [0, 0.05) is 53.0 Å². The Morgan fingerprint density at radius 3 is 2.71 bits per heavy atom. The van der Waals surface area contributed by atoms with E-state index in [0.717, 1.165) is 53.2 Å². The summed E-state index contributed by atoms with van der Waals surface area (Å²) in [5, 5.41) is 14.4. The van der Waals surface area contributed by atoms with Gasteiger partial charge in [-0.25, -0.2) is 0 Å². The van der Waals surface area contributed by atoms with Crippen molar-refractivity contribution in [3.05, 3.63) is 100 Å². The molecule has 0 unspecified atom stereocenters. The molecule has 2 atom stereocenters. The molecule has 1 saturated heterocycles. The number of H-pyrrole nitrogens is 1. The van der Waals surface area contributed by atoms with Crippen LogP contribution in [0.2, 0.25) is 5.02 Å². The maximum Gasteiger partial charge on any atom is 0.119 e. The van der Waals surface area contributed by atoms with Crippen LogP contribution in [0.3, 0.4) is 0 Å². The first-order valence-electron chi connectivity index (χ1n) is 11.9. The van der Waals surface area contributed by atoms with Crippen LogP contribution in [-0.4, -0.2) is 40.8 Å². The molecule has 0 bridgehead atoms. The second-order valence-corrected chi connectivity index (χ2v) is 10.4. The number of ether oxygens (including phenoxy) is 1.